The standard InChI is InChI=1S/C14H9Cl2NO4/c15-10-5-9(6-11(16)12(10)18)17-13(19)7-1-3-8(4-2-7)14(20)21/h1-6,18H,(H,17,19)(H,20,21). The monoisotopic (exact) mass is 325 g/mol. The van der Waals surface area contributed by atoms with Crippen molar-refractivity contribution in [3.63, 3.8) is 0 Å². The summed E-state index contributed by atoms with van der Waals surface area (Å²) in [4.78, 5) is 22.7. The number of carbonyl (C=O) groups excluding carboxylic acids is 1. The first-order valence-corrected chi connectivity index (χ1v) is 6.47. The second-order valence-corrected chi connectivity index (χ2v) is 4.94. The third kappa shape index (κ3) is 3.45. The van der Waals surface area contributed by atoms with Crippen molar-refractivity contribution in [3.05, 3.63) is 57.6 Å². The molecule has 0 saturated carbocycles. The van der Waals surface area contributed by atoms with Crippen LogP contribution in [0.1, 0.15) is 20.7 Å². The maximum atomic E-state index is 12.0. The van der Waals surface area contributed by atoms with Crippen LogP contribution in [0.4, 0.5) is 5.69 Å². The molecule has 0 saturated heterocycles. The number of aromatic hydroxyl groups is 1. The second-order valence-electron chi connectivity index (χ2n) is 4.13. The van der Waals surface area contributed by atoms with Gasteiger partial charge in [-0.3, -0.25) is 4.79 Å². The number of carbonyl (C=O) groups is 2. The summed E-state index contributed by atoms with van der Waals surface area (Å²) < 4.78 is 0. The van der Waals surface area contributed by atoms with E-state index in [0.29, 0.717) is 5.69 Å². The number of hydrogen-bond donors (Lipinski definition) is 3. The van der Waals surface area contributed by atoms with Crippen molar-refractivity contribution in [2.24, 2.45) is 0 Å². The lowest BCUT2D eigenvalue weighted by Gasteiger charge is -2.08. The van der Waals surface area contributed by atoms with Gasteiger partial charge >= 0.3 is 5.97 Å². The van der Waals surface area contributed by atoms with Crippen LogP contribution in [-0.4, -0.2) is 22.1 Å². The van der Waals surface area contributed by atoms with Gasteiger partial charge in [0.1, 0.15) is 0 Å². The molecule has 2 aromatic rings. The minimum absolute atomic E-state index is 0.0130. The third-order valence-corrected chi connectivity index (χ3v) is 3.25. The number of hydrogen-bond acceptors (Lipinski definition) is 3. The van der Waals surface area contributed by atoms with Gasteiger partial charge in [0.25, 0.3) is 5.91 Å². The van der Waals surface area contributed by atoms with Gasteiger partial charge in [0.15, 0.2) is 5.75 Å². The van der Waals surface area contributed by atoms with Gasteiger partial charge in [-0.2, -0.15) is 0 Å². The Morgan fingerprint density at radius 2 is 1.43 bits per heavy atom. The van der Waals surface area contributed by atoms with Gasteiger partial charge < -0.3 is 15.5 Å². The number of rotatable bonds is 3. The van der Waals surface area contributed by atoms with Crippen LogP contribution < -0.4 is 5.32 Å². The second kappa shape index (κ2) is 6.03. The van der Waals surface area contributed by atoms with E-state index in [2.05, 4.69) is 5.32 Å². The number of anilines is 1. The zero-order valence-corrected chi connectivity index (χ0v) is 11.9. The molecule has 0 unspecified atom stereocenters. The number of halogens is 2. The number of aromatic carboxylic acids is 1. The molecule has 2 rings (SSSR count). The Bertz CT molecular complexity index is 690. The van der Waals surface area contributed by atoms with E-state index in [-0.39, 0.29) is 26.9 Å². The van der Waals surface area contributed by atoms with Crippen LogP contribution >= 0.6 is 23.2 Å². The smallest absolute Gasteiger partial charge is 0.335 e. The Hall–Kier alpha value is -2.24. The maximum Gasteiger partial charge on any atom is 0.335 e. The molecule has 0 spiro atoms. The predicted octanol–water partition coefficient (Wildman–Crippen LogP) is 3.65. The van der Waals surface area contributed by atoms with E-state index < -0.39 is 11.9 Å². The van der Waals surface area contributed by atoms with Crippen LogP contribution in [0.25, 0.3) is 0 Å². The Labute approximate surface area is 129 Å². The first-order chi connectivity index (χ1) is 9.88. The number of benzene rings is 2. The van der Waals surface area contributed by atoms with E-state index in [1.165, 1.54) is 36.4 Å². The predicted molar refractivity (Wildman–Crippen MR) is 79.5 cm³/mol. The van der Waals surface area contributed by atoms with Gasteiger partial charge in [-0.1, -0.05) is 23.2 Å². The summed E-state index contributed by atoms with van der Waals surface area (Å²) in [5.41, 5.74) is 0.678. The highest BCUT2D eigenvalue weighted by atomic mass is 35.5. The number of carboxylic acids is 1. The fourth-order valence-corrected chi connectivity index (χ4v) is 2.09. The minimum Gasteiger partial charge on any atom is -0.505 e. The SMILES string of the molecule is O=C(O)c1ccc(C(=O)Nc2cc(Cl)c(O)c(Cl)c2)cc1. The summed E-state index contributed by atoms with van der Waals surface area (Å²) in [6.07, 6.45) is 0. The van der Waals surface area contributed by atoms with Crippen molar-refractivity contribution in [2.75, 3.05) is 5.32 Å². The fraction of sp³-hybridized carbons (Fsp3) is 0. The van der Waals surface area contributed by atoms with E-state index in [1.807, 2.05) is 0 Å². The largest absolute Gasteiger partial charge is 0.505 e. The Morgan fingerprint density at radius 3 is 1.90 bits per heavy atom. The maximum absolute atomic E-state index is 12.0. The van der Waals surface area contributed by atoms with Gasteiger partial charge in [-0.25, -0.2) is 4.79 Å². The molecule has 0 aliphatic carbocycles. The molecular weight excluding hydrogens is 317 g/mol. The lowest BCUT2D eigenvalue weighted by molar-refractivity contribution is 0.0696. The Kier molecular flexibility index (Phi) is 4.35. The average molecular weight is 326 g/mol. The van der Waals surface area contributed by atoms with Crippen molar-refractivity contribution in [3.8, 4) is 5.75 Å². The molecule has 0 aromatic heterocycles. The van der Waals surface area contributed by atoms with Gasteiger partial charge in [0, 0.05) is 11.3 Å². The third-order valence-electron chi connectivity index (χ3n) is 2.67. The van der Waals surface area contributed by atoms with Crippen LogP contribution in [0, 0.1) is 0 Å². The fourth-order valence-electron chi connectivity index (χ4n) is 1.61. The molecule has 5 nitrogen and oxygen atoms in total. The van der Waals surface area contributed by atoms with E-state index in [1.54, 1.807) is 0 Å². The summed E-state index contributed by atoms with van der Waals surface area (Å²) in [5, 5.41) is 20.8. The number of phenols is 1. The van der Waals surface area contributed by atoms with E-state index in [9.17, 15) is 14.7 Å². The summed E-state index contributed by atoms with van der Waals surface area (Å²) in [7, 11) is 0. The zero-order valence-electron chi connectivity index (χ0n) is 10.4. The van der Waals surface area contributed by atoms with Crippen molar-refractivity contribution >= 4 is 40.8 Å². The van der Waals surface area contributed by atoms with Crippen LogP contribution in [-0.2, 0) is 0 Å². The Balaban J connectivity index is 2.20. The first-order valence-electron chi connectivity index (χ1n) is 5.71. The van der Waals surface area contributed by atoms with Gasteiger partial charge in [-0.05, 0) is 36.4 Å². The molecule has 7 heteroatoms. The van der Waals surface area contributed by atoms with E-state index in [0.717, 1.165) is 0 Å². The molecular formula is C14H9Cl2NO4. The molecule has 0 fully saturated rings. The molecule has 108 valence electrons. The van der Waals surface area contributed by atoms with Crippen LogP contribution in [0.15, 0.2) is 36.4 Å². The summed E-state index contributed by atoms with van der Waals surface area (Å²) in [6, 6.07) is 8.14. The van der Waals surface area contributed by atoms with Crippen molar-refractivity contribution in [1.82, 2.24) is 0 Å². The van der Waals surface area contributed by atoms with Gasteiger partial charge in [-0.15, -0.1) is 0 Å². The molecule has 0 heterocycles. The topological polar surface area (TPSA) is 86.6 Å². The Morgan fingerprint density at radius 1 is 0.952 bits per heavy atom. The lowest BCUT2D eigenvalue weighted by atomic mass is 10.1. The van der Waals surface area contributed by atoms with Crippen LogP contribution in [0.2, 0.25) is 10.0 Å². The number of phenolic OH excluding ortho intramolecular Hbond substituents is 1. The molecule has 2 aromatic carbocycles. The minimum atomic E-state index is -1.07. The van der Waals surface area contributed by atoms with Crippen LogP contribution in [0.3, 0.4) is 0 Å². The quantitative estimate of drug-likeness (QED) is 0.752. The van der Waals surface area contributed by atoms with E-state index in [4.69, 9.17) is 28.3 Å². The molecule has 3 N–H and O–H groups in total. The molecule has 0 radical (unpaired) electrons. The van der Waals surface area contributed by atoms with Crippen molar-refractivity contribution in [2.45, 2.75) is 0 Å². The van der Waals surface area contributed by atoms with Crippen LogP contribution in [0.5, 0.6) is 5.75 Å². The molecule has 0 aliphatic rings. The molecule has 0 aliphatic heterocycles. The number of carboxylic acid groups (broad SMARTS) is 1. The molecule has 1 amide bonds. The molecule has 21 heavy (non-hydrogen) atoms. The van der Waals surface area contributed by atoms with Gasteiger partial charge in [0.2, 0.25) is 0 Å². The van der Waals surface area contributed by atoms with Crippen molar-refractivity contribution < 1.29 is 19.8 Å². The lowest BCUT2D eigenvalue weighted by Crippen LogP contribution is -2.12. The average Bonchev–Trinajstić information content (AvgIpc) is 2.44. The van der Waals surface area contributed by atoms with Crippen molar-refractivity contribution in [1.29, 1.82) is 0 Å². The normalized spacial score (nSPS) is 10.2. The highest BCUT2D eigenvalue weighted by molar-refractivity contribution is 6.37. The number of amides is 1. The van der Waals surface area contributed by atoms with Gasteiger partial charge in [0.05, 0.1) is 15.6 Å². The highest BCUT2D eigenvalue weighted by Crippen LogP contribution is 2.34. The zero-order chi connectivity index (χ0) is 15.6. The highest BCUT2D eigenvalue weighted by Gasteiger charge is 2.11. The molecule has 0 atom stereocenters. The first kappa shape index (κ1) is 15.2. The van der Waals surface area contributed by atoms with E-state index >= 15 is 0 Å². The summed E-state index contributed by atoms with van der Waals surface area (Å²) >= 11 is 11.5. The summed E-state index contributed by atoms with van der Waals surface area (Å²) in [5.74, 6) is -1.79. The summed E-state index contributed by atoms with van der Waals surface area (Å²) in [6.45, 7) is 0. The number of nitrogens with one attached hydrogen (secondary N) is 1. The molecule has 0 bridgehead atoms.